The Balaban J connectivity index is 3.00. The molecule has 0 unspecified atom stereocenters. The molecule has 0 aromatic heterocycles. The zero-order chi connectivity index (χ0) is 5.70. The molecule has 0 spiro atoms. The Morgan fingerprint density at radius 2 is 2.43 bits per heavy atom. The molecule has 5 nitrogen and oxygen atoms in total. The minimum absolute atomic E-state index is 0.817. The highest BCUT2D eigenvalue weighted by Crippen LogP contribution is 1.62. The van der Waals surface area contributed by atoms with Crippen LogP contribution in [0.4, 0.5) is 4.79 Å². The Morgan fingerprint density at radius 1 is 1.86 bits per heavy atom. The highest BCUT2D eigenvalue weighted by molar-refractivity contribution is 5.65. The van der Waals surface area contributed by atoms with E-state index in [0.29, 0.717) is 0 Å². The summed E-state index contributed by atoms with van der Waals surface area (Å²) >= 11 is 0. The average molecular weight is 106 g/mol. The number of hydrogen-bond acceptors (Lipinski definition) is 4. The Hall–Kier alpha value is -0.810. The molecule has 0 aromatic rings. The van der Waals surface area contributed by atoms with E-state index in [1.54, 1.807) is 0 Å². The van der Waals surface area contributed by atoms with Gasteiger partial charge in [-0.2, -0.15) is 11.4 Å². The zero-order valence-electron chi connectivity index (χ0n) is 3.80. The number of nitrogens with one attached hydrogen (secondary N) is 1. The molecule has 0 heterocycles. The van der Waals surface area contributed by atoms with Crippen molar-refractivity contribution < 1.29 is 14.5 Å². The molecule has 0 bridgehead atoms. The van der Waals surface area contributed by atoms with Crippen LogP contribution in [0.1, 0.15) is 0 Å². The molecule has 0 radical (unpaired) electrons. The highest BCUT2D eigenvalue weighted by Gasteiger charge is 1.91. The fourth-order valence-corrected chi connectivity index (χ4v) is 0.107. The van der Waals surface area contributed by atoms with Gasteiger partial charge in [0.25, 0.3) is 0 Å². The molecule has 0 saturated carbocycles. The lowest BCUT2D eigenvalue weighted by atomic mass is 11.3. The first kappa shape index (κ1) is 6.19. The van der Waals surface area contributed by atoms with Crippen molar-refractivity contribution in [1.82, 2.24) is 5.48 Å². The van der Waals surface area contributed by atoms with Gasteiger partial charge in [0.2, 0.25) is 0 Å². The van der Waals surface area contributed by atoms with E-state index < -0.39 is 6.09 Å². The lowest BCUT2D eigenvalue weighted by molar-refractivity contribution is 0.0587. The first-order valence-electron chi connectivity index (χ1n) is 1.51. The molecular formula is C2H6N2O3. The Morgan fingerprint density at radius 3 is 2.57 bits per heavy atom. The molecule has 42 valence electrons. The molecule has 1 amide bonds. The third-order valence-electron chi connectivity index (χ3n) is 0.292. The van der Waals surface area contributed by atoms with Gasteiger partial charge in [-0.25, -0.2) is 4.79 Å². The molecule has 0 fully saturated rings. The largest absolute Gasteiger partial charge is 0.450 e. The molecular weight excluding hydrogens is 100 g/mol. The normalized spacial score (nSPS) is 7.71. The number of rotatable bonds is 1. The number of hydrogen-bond donors (Lipinski definition) is 2. The average Bonchev–Trinajstić information content (AvgIpc) is 1.68. The van der Waals surface area contributed by atoms with Crippen molar-refractivity contribution in [1.29, 1.82) is 0 Å². The SMILES string of the molecule is CONC(=O)ON. The van der Waals surface area contributed by atoms with Gasteiger partial charge in [-0.1, -0.05) is 0 Å². The third kappa shape index (κ3) is 3.01. The molecule has 0 aromatic carbocycles. The molecule has 0 aliphatic carbocycles. The first-order valence-corrected chi connectivity index (χ1v) is 1.51. The Bertz CT molecular complexity index is 64.0. The van der Waals surface area contributed by atoms with Gasteiger partial charge >= 0.3 is 6.09 Å². The van der Waals surface area contributed by atoms with Crippen LogP contribution in [0.3, 0.4) is 0 Å². The summed E-state index contributed by atoms with van der Waals surface area (Å²) in [5.41, 5.74) is 1.81. The second-order valence-corrected chi connectivity index (χ2v) is 0.711. The lowest BCUT2D eigenvalue weighted by Gasteiger charge is -1.94. The Labute approximate surface area is 40.3 Å². The molecule has 0 aliphatic heterocycles. The predicted molar refractivity (Wildman–Crippen MR) is 20.8 cm³/mol. The number of amides is 1. The molecule has 5 heteroatoms. The summed E-state index contributed by atoms with van der Waals surface area (Å²) in [7, 11) is 1.27. The number of hydroxylamine groups is 1. The fourth-order valence-electron chi connectivity index (χ4n) is 0.107. The van der Waals surface area contributed by atoms with Crippen LogP contribution in [0, 0.1) is 0 Å². The van der Waals surface area contributed by atoms with Gasteiger partial charge < -0.3 is 4.84 Å². The molecule has 3 N–H and O–H groups in total. The topological polar surface area (TPSA) is 73.6 Å². The standard InChI is InChI=1S/C2H6N2O3/c1-6-4-2(5)7-3/h3H2,1H3,(H,4,5). The third-order valence-corrected chi connectivity index (χ3v) is 0.292. The maximum atomic E-state index is 9.83. The van der Waals surface area contributed by atoms with E-state index >= 15 is 0 Å². The predicted octanol–water partition coefficient (Wildman–Crippen LogP) is -0.852. The monoisotopic (exact) mass is 106 g/mol. The van der Waals surface area contributed by atoms with Crippen LogP contribution >= 0.6 is 0 Å². The van der Waals surface area contributed by atoms with Crippen LogP contribution in [0.15, 0.2) is 0 Å². The van der Waals surface area contributed by atoms with Gasteiger partial charge in [0.05, 0.1) is 7.11 Å². The van der Waals surface area contributed by atoms with Crippen LogP contribution in [0.5, 0.6) is 0 Å². The van der Waals surface area contributed by atoms with Crippen molar-refractivity contribution >= 4 is 6.09 Å². The number of nitrogens with two attached hydrogens (primary N) is 1. The summed E-state index contributed by atoms with van der Waals surface area (Å²) < 4.78 is 0. The summed E-state index contributed by atoms with van der Waals surface area (Å²) in [6.07, 6.45) is -0.817. The van der Waals surface area contributed by atoms with Gasteiger partial charge in [-0.05, 0) is 0 Å². The minimum atomic E-state index is -0.817. The fraction of sp³-hybridized carbons (Fsp3) is 0.500. The van der Waals surface area contributed by atoms with E-state index in [1.807, 2.05) is 5.48 Å². The maximum absolute atomic E-state index is 9.83. The van der Waals surface area contributed by atoms with Crippen molar-refractivity contribution in [3.05, 3.63) is 0 Å². The molecule has 0 rings (SSSR count). The van der Waals surface area contributed by atoms with Gasteiger partial charge in [-0.15, -0.1) is 0 Å². The van der Waals surface area contributed by atoms with Crippen molar-refractivity contribution in [3.63, 3.8) is 0 Å². The Kier molecular flexibility index (Phi) is 2.99. The number of carbonyl (C=O) groups excluding carboxylic acids is 1. The smallest absolute Gasteiger partial charge is 0.355 e. The molecule has 7 heavy (non-hydrogen) atoms. The van der Waals surface area contributed by atoms with Crippen molar-refractivity contribution in [3.8, 4) is 0 Å². The van der Waals surface area contributed by atoms with E-state index in [-0.39, 0.29) is 0 Å². The van der Waals surface area contributed by atoms with E-state index in [1.165, 1.54) is 7.11 Å². The number of carbonyl (C=O) groups is 1. The van der Waals surface area contributed by atoms with Crippen LogP contribution in [-0.4, -0.2) is 13.2 Å². The molecule has 0 saturated heterocycles. The summed E-state index contributed by atoms with van der Waals surface area (Å²) in [5.74, 6) is 4.37. The van der Waals surface area contributed by atoms with Crippen molar-refractivity contribution in [2.24, 2.45) is 5.90 Å². The summed E-state index contributed by atoms with van der Waals surface area (Å²) in [6, 6.07) is 0. The summed E-state index contributed by atoms with van der Waals surface area (Å²) in [6.45, 7) is 0. The van der Waals surface area contributed by atoms with Crippen molar-refractivity contribution in [2.75, 3.05) is 7.11 Å². The summed E-state index contributed by atoms with van der Waals surface area (Å²) in [5, 5.41) is 0. The van der Waals surface area contributed by atoms with E-state index in [0.717, 1.165) is 0 Å². The van der Waals surface area contributed by atoms with Crippen LogP contribution in [0.2, 0.25) is 0 Å². The molecule has 0 atom stereocenters. The molecule has 0 aliphatic rings. The first-order chi connectivity index (χ1) is 3.31. The van der Waals surface area contributed by atoms with Gasteiger partial charge in [0, 0.05) is 0 Å². The second-order valence-electron chi connectivity index (χ2n) is 0.711. The quantitative estimate of drug-likeness (QED) is 0.427. The van der Waals surface area contributed by atoms with E-state index in [2.05, 4.69) is 15.6 Å². The van der Waals surface area contributed by atoms with Crippen LogP contribution in [0.25, 0.3) is 0 Å². The van der Waals surface area contributed by atoms with Crippen LogP contribution in [-0.2, 0) is 9.68 Å². The van der Waals surface area contributed by atoms with Crippen molar-refractivity contribution in [2.45, 2.75) is 0 Å². The van der Waals surface area contributed by atoms with Crippen LogP contribution < -0.4 is 11.4 Å². The van der Waals surface area contributed by atoms with Gasteiger partial charge in [0.1, 0.15) is 0 Å². The second kappa shape index (κ2) is 3.38. The van der Waals surface area contributed by atoms with E-state index in [4.69, 9.17) is 0 Å². The lowest BCUT2D eigenvalue weighted by Crippen LogP contribution is -2.25. The summed E-state index contributed by atoms with van der Waals surface area (Å²) in [4.78, 5) is 17.5. The highest BCUT2D eigenvalue weighted by atomic mass is 16.7. The van der Waals surface area contributed by atoms with E-state index in [9.17, 15) is 4.79 Å². The maximum Gasteiger partial charge on any atom is 0.450 e. The zero-order valence-corrected chi connectivity index (χ0v) is 3.80. The van der Waals surface area contributed by atoms with Gasteiger partial charge in [0.15, 0.2) is 0 Å². The minimum Gasteiger partial charge on any atom is -0.355 e. The van der Waals surface area contributed by atoms with Gasteiger partial charge in [-0.3, -0.25) is 4.84 Å².